The number of nitrogens with one attached hydrogen (secondary N) is 1. The Balaban J connectivity index is 2.61. The van der Waals surface area contributed by atoms with E-state index in [0.717, 1.165) is 12.1 Å². The maximum atomic E-state index is 13.4. The van der Waals surface area contributed by atoms with Gasteiger partial charge in [-0.15, -0.1) is 12.3 Å². The molecule has 1 amide bonds. The zero-order valence-corrected chi connectivity index (χ0v) is 11.2. The molecule has 1 aromatic rings. The molecule has 1 aromatic carbocycles. The number of unbranched alkanes of at least 4 members (excludes halogenated alkanes) is 1. The maximum Gasteiger partial charge on any atom is 0.326 e. The Morgan fingerprint density at radius 1 is 1.38 bits per heavy atom. The van der Waals surface area contributed by atoms with Gasteiger partial charge in [0.25, 0.3) is 0 Å². The minimum Gasteiger partial charge on any atom is -0.480 e. The van der Waals surface area contributed by atoms with E-state index in [9.17, 15) is 18.4 Å². The van der Waals surface area contributed by atoms with Crippen LogP contribution in [-0.4, -0.2) is 23.0 Å². The molecule has 0 radical (unpaired) electrons. The molecule has 0 aliphatic rings. The van der Waals surface area contributed by atoms with E-state index in [1.165, 1.54) is 0 Å². The molecule has 1 rings (SSSR count). The summed E-state index contributed by atoms with van der Waals surface area (Å²) in [4.78, 5) is 22.7. The van der Waals surface area contributed by atoms with Crippen LogP contribution in [0.5, 0.6) is 0 Å². The highest BCUT2D eigenvalue weighted by molar-refractivity contribution is 5.84. The lowest BCUT2D eigenvalue weighted by Crippen LogP contribution is -2.41. The van der Waals surface area contributed by atoms with Crippen LogP contribution in [0, 0.1) is 24.0 Å². The van der Waals surface area contributed by atoms with Gasteiger partial charge in [-0.2, -0.15) is 0 Å². The Bertz CT molecular complexity index is 567. The molecular weight excluding hydrogens is 280 g/mol. The number of carboxylic acid groups (broad SMARTS) is 1. The Kier molecular flexibility index (Phi) is 6.34. The first kappa shape index (κ1) is 16.6. The van der Waals surface area contributed by atoms with Crippen molar-refractivity contribution in [3.05, 3.63) is 35.4 Å². The van der Waals surface area contributed by atoms with E-state index in [4.69, 9.17) is 11.5 Å². The van der Waals surface area contributed by atoms with Gasteiger partial charge in [-0.1, -0.05) is 6.07 Å². The molecule has 0 heterocycles. The van der Waals surface area contributed by atoms with Crippen molar-refractivity contribution in [1.82, 2.24) is 5.32 Å². The van der Waals surface area contributed by atoms with Crippen LogP contribution in [0.1, 0.15) is 24.8 Å². The lowest BCUT2D eigenvalue weighted by molar-refractivity contribution is -0.141. The lowest BCUT2D eigenvalue weighted by Gasteiger charge is -2.14. The number of amides is 1. The van der Waals surface area contributed by atoms with Crippen LogP contribution in [0.15, 0.2) is 18.2 Å². The predicted octanol–water partition coefficient (Wildman–Crippen LogP) is 1.88. The van der Waals surface area contributed by atoms with E-state index < -0.39 is 29.6 Å². The number of carbonyl (C=O) groups excluding carboxylic acids is 1. The summed E-state index contributed by atoms with van der Waals surface area (Å²) in [6, 6.07) is 1.78. The number of carbonyl (C=O) groups is 2. The summed E-state index contributed by atoms with van der Waals surface area (Å²) in [7, 11) is 0. The van der Waals surface area contributed by atoms with Crippen LogP contribution >= 0.6 is 0 Å². The van der Waals surface area contributed by atoms with Gasteiger partial charge in [-0.3, -0.25) is 4.79 Å². The molecule has 0 unspecified atom stereocenters. The fourth-order valence-corrected chi connectivity index (χ4v) is 1.75. The first-order valence-electron chi connectivity index (χ1n) is 6.33. The van der Waals surface area contributed by atoms with Gasteiger partial charge < -0.3 is 10.4 Å². The van der Waals surface area contributed by atoms with E-state index >= 15 is 0 Å². The van der Waals surface area contributed by atoms with Crippen LogP contribution in [0.4, 0.5) is 8.78 Å². The van der Waals surface area contributed by atoms with Crippen LogP contribution in [0.25, 0.3) is 0 Å². The third-order valence-corrected chi connectivity index (χ3v) is 2.81. The molecule has 4 nitrogen and oxygen atoms in total. The zero-order valence-electron chi connectivity index (χ0n) is 11.2. The topological polar surface area (TPSA) is 66.4 Å². The van der Waals surface area contributed by atoms with Gasteiger partial charge >= 0.3 is 5.97 Å². The summed E-state index contributed by atoms with van der Waals surface area (Å²) in [6.07, 6.45) is 5.77. The number of aliphatic carboxylic acids is 1. The number of hydrogen-bond donors (Lipinski definition) is 2. The number of hydrogen-bond acceptors (Lipinski definition) is 2. The number of benzene rings is 1. The number of halogens is 2. The SMILES string of the molecule is C#CCCC[C@@H](NC(=O)Cc1ccc(F)cc1F)C(=O)O. The third kappa shape index (κ3) is 5.61. The van der Waals surface area contributed by atoms with E-state index in [1.54, 1.807) is 0 Å². The molecule has 0 aliphatic carbocycles. The lowest BCUT2D eigenvalue weighted by atomic mass is 10.1. The Labute approximate surface area is 121 Å². The zero-order chi connectivity index (χ0) is 15.8. The molecule has 2 N–H and O–H groups in total. The molecule has 0 spiro atoms. The van der Waals surface area contributed by atoms with Crippen molar-refractivity contribution in [2.45, 2.75) is 31.7 Å². The summed E-state index contributed by atoms with van der Waals surface area (Å²) in [5.74, 6) is -1.03. The molecule has 6 heteroatoms. The fraction of sp³-hybridized carbons (Fsp3) is 0.333. The smallest absolute Gasteiger partial charge is 0.326 e. The van der Waals surface area contributed by atoms with Crippen LogP contribution in [0.3, 0.4) is 0 Å². The quantitative estimate of drug-likeness (QED) is 0.596. The highest BCUT2D eigenvalue weighted by Crippen LogP contribution is 2.10. The van der Waals surface area contributed by atoms with Gasteiger partial charge in [0.1, 0.15) is 17.7 Å². The van der Waals surface area contributed by atoms with Crippen molar-refractivity contribution in [3.8, 4) is 12.3 Å². The largest absolute Gasteiger partial charge is 0.480 e. The van der Waals surface area contributed by atoms with Crippen molar-refractivity contribution >= 4 is 11.9 Å². The van der Waals surface area contributed by atoms with Gasteiger partial charge in [-0.05, 0) is 24.5 Å². The van der Waals surface area contributed by atoms with Gasteiger partial charge in [0, 0.05) is 12.5 Å². The van der Waals surface area contributed by atoms with Crippen LogP contribution in [-0.2, 0) is 16.0 Å². The summed E-state index contributed by atoms with van der Waals surface area (Å²) < 4.78 is 26.1. The molecule has 21 heavy (non-hydrogen) atoms. The van der Waals surface area contributed by atoms with E-state index in [2.05, 4.69) is 11.2 Å². The molecule has 0 saturated heterocycles. The van der Waals surface area contributed by atoms with Gasteiger partial charge in [-0.25, -0.2) is 13.6 Å². The molecule has 0 aliphatic heterocycles. The molecular formula is C15H15F2NO3. The van der Waals surface area contributed by atoms with E-state index in [1.807, 2.05) is 0 Å². The van der Waals surface area contributed by atoms with Gasteiger partial charge in [0.05, 0.1) is 6.42 Å². The second-order valence-electron chi connectivity index (χ2n) is 4.47. The van der Waals surface area contributed by atoms with Gasteiger partial charge in [0.2, 0.25) is 5.91 Å². The number of rotatable bonds is 7. The van der Waals surface area contributed by atoms with Crippen molar-refractivity contribution in [2.75, 3.05) is 0 Å². The fourth-order valence-electron chi connectivity index (χ4n) is 1.75. The minimum atomic E-state index is -1.18. The highest BCUT2D eigenvalue weighted by atomic mass is 19.1. The standard InChI is InChI=1S/C15H15F2NO3/c1-2-3-4-5-13(15(20)21)18-14(19)8-10-6-7-11(16)9-12(10)17/h1,6-7,9,13H,3-5,8H2,(H,18,19)(H,20,21)/t13-/m1/s1. The van der Waals surface area contributed by atoms with Crippen LogP contribution < -0.4 is 5.32 Å². The van der Waals surface area contributed by atoms with Crippen molar-refractivity contribution < 1.29 is 23.5 Å². The molecule has 0 bridgehead atoms. The average Bonchev–Trinajstić information content (AvgIpc) is 2.41. The Morgan fingerprint density at radius 3 is 2.67 bits per heavy atom. The normalized spacial score (nSPS) is 11.5. The molecule has 0 fully saturated rings. The Morgan fingerprint density at radius 2 is 2.10 bits per heavy atom. The predicted molar refractivity (Wildman–Crippen MR) is 72.3 cm³/mol. The van der Waals surface area contributed by atoms with Crippen molar-refractivity contribution in [1.29, 1.82) is 0 Å². The van der Waals surface area contributed by atoms with Crippen molar-refractivity contribution in [3.63, 3.8) is 0 Å². The summed E-state index contributed by atoms with van der Waals surface area (Å²) >= 11 is 0. The number of carboxylic acids is 1. The van der Waals surface area contributed by atoms with E-state index in [-0.39, 0.29) is 18.4 Å². The molecule has 0 saturated carbocycles. The minimum absolute atomic E-state index is 0.00154. The molecule has 112 valence electrons. The second-order valence-corrected chi connectivity index (χ2v) is 4.47. The first-order chi connectivity index (χ1) is 9.93. The van der Waals surface area contributed by atoms with E-state index in [0.29, 0.717) is 18.9 Å². The number of terminal acetylenes is 1. The first-order valence-corrected chi connectivity index (χ1v) is 6.33. The Hall–Kier alpha value is -2.42. The third-order valence-electron chi connectivity index (χ3n) is 2.81. The monoisotopic (exact) mass is 295 g/mol. The highest BCUT2D eigenvalue weighted by Gasteiger charge is 2.20. The molecule has 0 aromatic heterocycles. The average molecular weight is 295 g/mol. The summed E-state index contributed by atoms with van der Waals surface area (Å²) in [5, 5.41) is 11.3. The van der Waals surface area contributed by atoms with Crippen LogP contribution in [0.2, 0.25) is 0 Å². The summed E-state index contributed by atoms with van der Waals surface area (Å²) in [5.41, 5.74) is 0.00154. The maximum absolute atomic E-state index is 13.4. The summed E-state index contributed by atoms with van der Waals surface area (Å²) in [6.45, 7) is 0. The van der Waals surface area contributed by atoms with Gasteiger partial charge in [0.15, 0.2) is 0 Å². The van der Waals surface area contributed by atoms with Crippen molar-refractivity contribution in [2.24, 2.45) is 0 Å². The molecule has 1 atom stereocenters. The second kappa shape index (κ2) is 8.00.